The van der Waals surface area contributed by atoms with Gasteiger partial charge in [0.2, 0.25) is 23.9 Å². The lowest BCUT2D eigenvalue weighted by molar-refractivity contribution is -0.139. The molecular formula is C32H41N9O10. The van der Waals surface area contributed by atoms with Gasteiger partial charge in [-0.25, -0.2) is 14.4 Å². The first-order valence-corrected chi connectivity index (χ1v) is 15.9. The van der Waals surface area contributed by atoms with Gasteiger partial charge in [-0.3, -0.25) is 28.7 Å². The predicted molar refractivity (Wildman–Crippen MR) is 181 cm³/mol. The van der Waals surface area contributed by atoms with Crippen LogP contribution in [0.2, 0.25) is 0 Å². The molecule has 10 N–H and O–H groups in total. The number of nitrogens with two attached hydrogens (primary N) is 1. The van der Waals surface area contributed by atoms with Crippen LogP contribution >= 0.6 is 0 Å². The van der Waals surface area contributed by atoms with Crippen molar-refractivity contribution >= 4 is 40.6 Å². The molecule has 1 aliphatic heterocycles. The van der Waals surface area contributed by atoms with Gasteiger partial charge in [-0.15, -0.1) is 0 Å². The van der Waals surface area contributed by atoms with Crippen LogP contribution < -0.4 is 38.2 Å². The highest BCUT2D eigenvalue weighted by Gasteiger charge is 2.36. The lowest BCUT2D eigenvalue weighted by Gasteiger charge is -2.33. The van der Waals surface area contributed by atoms with E-state index >= 15 is 0 Å². The fraction of sp³-hybridized carbons (Fsp3) is 0.406. The predicted octanol–water partition coefficient (Wildman–Crippen LogP) is -1.68. The van der Waals surface area contributed by atoms with E-state index in [0.29, 0.717) is 5.56 Å². The summed E-state index contributed by atoms with van der Waals surface area (Å²) in [7, 11) is 1.39. The molecule has 19 heteroatoms. The van der Waals surface area contributed by atoms with Gasteiger partial charge >= 0.3 is 17.7 Å². The second kappa shape index (κ2) is 16.2. The van der Waals surface area contributed by atoms with Crippen molar-refractivity contribution in [3.63, 3.8) is 0 Å². The van der Waals surface area contributed by atoms with Crippen LogP contribution in [0.4, 0.5) is 4.79 Å². The number of carbonyl (C=O) groups is 5. The molecule has 0 aliphatic carbocycles. The number of benzene rings is 1. The number of hydrogen-bond acceptors (Lipinski definition) is 10. The number of aliphatic carboxylic acids is 1. The zero-order chi connectivity index (χ0) is 37.6. The molecule has 4 rings (SSSR count). The third-order valence-electron chi connectivity index (χ3n) is 8.37. The van der Waals surface area contributed by atoms with Crippen LogP contribution in [0, 0.1) is 0 Å². The summed E-state index contributed by atoms with van der Waals surface area (Å²) in [6.07, 6.45) is 1.32. The monoisotopic (exact) mass is 711 g/mol. The lowest BCUT2D eigenvalue weighted by atomic mass is 10.1. The Morgan fingerprint density at radius 1 is 1.08 bits per heavy atom. The van der Waals surface area contributed by atoms with Crippen molar-refractivity contribution in [3.8, 4) is 0 Å². The molecular weight excluding hydrogens is 670 g/mol. The van der Waals surface area contributed by atoms with E-state index in [4.69, 9.17) is 10.5 Å². The SMILES string of the molecule is C[C@H](N)C(=O)N(C)[C@H](C)[C@H](NC(=O)[C@H](C)NC(=O)N[C@@H](Cc1c[nH]c2ccccc12)C(=O)O)C(=O)N/C=C1/C[C@@H](O)[C@H](n2ccc(=O)[nH]c2=O)O1. The average molecular weight is 712 g/mol. The molecule has 51 heavy (non-hydrogen) atoms. The number of aromatic nitrogens is 3. The number of amides is 5. The Bertz CT molecular complexity index is 1930. The Labute approximate surface area is 290 Å². The van der Waals surface area contributed by atoms with Crippen molar-refractivity contribution in [2.45, 2.75) is 76.2 Å². The quantitative estimate of drug-likeness (QED) is 0.0965. The third kappa shape index (κ3) is 9.19. The van der Waals surface area contributed by atoms with Crippen molar-refractivity contribution in [1.82, 2.24) is 40.7 Å². The zero-order valence-electron chi connectivity index (χ0n) is 28.2. The number of rotatable bonds is 13. The maximum absolute atomic E-state index is 13.5. The number of nitrogens with one attached hydrogen (secondary N) is 6. The van der Waals surface area contributed by atoms with Crippen LogP contribution in [0.25, 0.3) is 10.9 Å². The van der Waals surface area contributed by atoms with Crippen LogP contribution in [-0.2, 0) is 30.3 Å². The van der Waals surface area contributed by atoms with E-state index in [1.54, 1.807) is 12.3 Å². The summed E-state index contributed by atoms with van der Waals surface area (Å²) in [4.78, 5) is 94.2. The fourth-order valence-electron chi connectivity index (χ4n) is 5.40. The number of H-pyrrole nitrogens is 2. The Balaban J connectivity index is 1.44. The maximum Gasteiger partial charge on any atom is 0.331 e. The number of ether oxygens (including phenoxy) is 1. The summed E-state index contributed by atoms with van der Waals surface area (Å²) in [5, 5.41) is 30.8. The summed E-state index contributed by atoms with van der Waals surface area (Å²) in [5.41, 5.74) is 5.74. The first-order valence-electron chi connectivity index (χ1n) is 15.9. The topological polar surface area (TPSA) is 283 Å². The van der Waals surface area contributed by atoms with Gasteiger partial charge in [0.15, 0.2) is 0 Å². The molecule has 0 saturated carbocycles. The smallest absolute Gasteiger partial charge is 0.331 e. The molecule has 5 amide bonds. The molecule has 7 atom stereocenters. The molecule has 0 radical (unpaired) electrons. The number of fused-ring (bicyclic) bond motifs is 1. The van der Waals surface area contributed by atoms with Gasteiger partial charge < -0.3 is 51.8 Å². The number of carboxylic acids is 1. The Morgan fingerprint density at radius 2 is 1.78 bits per heavy atom. The number of carbonyl (C=O) groups excluding carboxylic acids is 4. The van der Waals surface area contributed by atoms with Crippen LogP contribution in [0.5, 0.6) is 0 Å². The summed E-state index contributed by atoms with van der Waals surface area (Å²) < 4.78 is 6.60. The van der Waals surface area contributed by atoms with E-state index in [2.05, 4.69) is 31.2 Å². The highest BCUT2D eigenvalue weighted by atomic mass is 16.5. The molecule has 19 nitrogen and oxygen atoms in total. The minimum atomic E-state index is -1.42. The molecule has 1 aliphatic rings. The van der Waals surface area contributed by atoms with Crippen molar-refractivity contribution in [2.24, 2.45) is 5.73 Å². The number of aliphatic hydroxyl groups excluding tert-OH is 1. The van der Waals surface area contributed by atoms with E-state index in [1.165, 1.54) is 32.7 Å². The highest BCUT2D eigenvalue weighted by Crippen LogP contribution is 2.29. The lowest BCUT2D eigenvalue weighted by Crippen LogP contribution is -2.61. The number of urea groups is 1. The van der Waals surface area contributed by atoms with E-state index in [-0.39, 0.29) is 18.6 Å². The molecule has 274 valence electrons. The number of carboxylic acid groups (broad SMARTS) is 1. The molecule has 1 saturated heterocycles. The van der Waals surface area contributed by atoms with E-state index in [9.17, 15) is 43.8 Å². The molecule has 2 aromatic heterocycles. The van der Waals surface area contributed by atoms with Gasteiger partial charge in [0.25, 0.3) is 5.56 Å². The summed E-state index contributed by atoms with van der Waals surface area (Å²) in [6, 6.07) is 1.41. The summed E-state index contributed by atoms with van der Waals surface area (Å²) in [6.45, 7) is 4.25. The molecule has 1 fully saturated rings. The average Bonchev–Trinajstić information content (AvgIpc) is 3.66. The number of aliphatic hydroxyl groups is 1. The van der Waals surface area contributed by atoms with E-state index in [0.717, 1.165) is 33.9 Å². The number of likely N-dealkylation sites (N-methyl/N-ethyl adjacent to an activating group) is 1. The fourth-order valence-corrected chi connectivity index (χ4v) is 5.40. The van der Waals surface area contributed by atoms with Gasteiger partial charge in [0, 0.05) is 55.5 Å². The van der Waals surface area contributed by atoms with Gasteiger partial charge in [-0.05, 0) is 32.4 Å². The summed E-state index contributed by atoms with van der Waals surface area (Å²) >= 11 is 0. The number of para-hydroxylation sites is 1. The van der Waals surface area contributed by atoms with Crippen molar-refractivity contribution in [1.29, 1.82) is 0 Å². The van der Waals surface area contributed by atoms with E-state index < -0.39 is 83.5 Å². The minimum Gasteiger partial charge on any atom is -0.480 e. The first kappa shape index (κ1) is 37.9. The molecule has 3 heterocycles. The first-order chi connectivity index (χ1) is 24.1. The number of nitrogens with zero attached hydrogens (tertiary/aromatic N) is 2. The number of hydrogen-bond donors (Lipinski definition) is 9. The van der Waals surface area contributed by atoms with Crippen LogP contribution in [0.15, 0.2) is 64.3 Å². The van der Waals surface area contributed by atoms with Crippen molar-refractivity contribution in [2.75, 3.05) is 7.05 Å². The molecule has 0 unspecified atom stereocenters. The largest absolute Gasteiger partial charge is 0.480 e. The normalized spacial score (nSPS) is 19.2. The van der Waals surface area contributed by atoms with Crippen LogP contribution in [-0.4, -0.2) is 103 Å². The van der Waals surface area contributed by atoms with Crippen LogP contribution in [0.1, 0.15) is 39.0 Å². The Morgan fingerprint density at radius 3 is 2.45 bits per heavy atom. The second-order valence-electron chi connectivity index (χ2n) is 12.2. The Kier molecular flexibility index (Phi) is 12.0. The zero-order valence-corrected chi connectivity index (χ0v) is 28.2. The molecule has 1 aromatic carbocycles. The standard InChI is InChI=1S/C32H41N9O10/c1-15(33)28(46)40(4)17(3)25(27(45)35-14-19-12-23(42)29(51-19)41-10-9-24(43)38-32(41)50)39-26(44)16(2)36-31(49)37-22(30(47)48)11-18-13-34-21-8-6-5-7-20(18)21/h5-10,13-17,22-23,25,29,34,42H,11-12,33H2,1-4H3,(H,35,45)(H,39,44)(H,47,48)(H2,36,37,49)(H,38,43,50)/b19-14-/t15-,16-,17+,22-,23+,25-,29+/m0/s1. The van der Waals surface area contributed by atoms with Crippen molar-refractivity contribution < 1.29 is 38.9 Å². The molecule has 0 spiro atoms. The summed E-state index contributed by atoms with van der Waals surface area (Å²) in [5.74, 6) is -3.45. The Hall–Kier alpha value is -5.95. The maximum atomic E-state index is 13.5. The minimum absolute atomic E-state index is 0.0500. The third-order valence-corrected chi connectivity index (χ3v) is 8.37. The van der Waals surface area contributed by atoms with E-state index in [1.807, 2.05) is 18.2 Å². The second-order valence-corrected chi connectivity index (χ2v) is 12.2. The van der Waals surface area contributed by atoms with Gasteiger partial charge in [0.05, 0.1) is 12.1 Å². The van der Waals surface area contributed by atoms with Gasteiger partial charge in [0.1, 0.15) is 30.0 Å². The van der Waals surface area contributed by atoms with Gasteiger partial charge in [-0.2, -0.15) is 0 Å². The van der Waals surface area contributed by atoms with Gasteiger partial charge in [-0.1, -0.05) is 18.2 Å². The highest BCUT2D eigenvalue weighted by molar-refractivity contribution is 5.93. The molecule has 0 bridgehead atoms. The van der Waals surface area contributed by atoms with Crippen LogP contribution in [0.3, 0.4) is 0 Å². The molecule has 3 aromatic rings. The van der Waals surface area contributed by atoms with Crippen molar-refractivity contribution in [3.05, 3.63) is 81.1 Å². The number of aromatic amines is 2.